The molecule has 1 amide bonds. The number of aliphatic carboxylic acids is 2. The van der Waals surface area contributed by atoms with Crippen LogP contribution in [0.1, 0.15) is 19.8 Å². The highest BCUT2D eigenvalue weighted by Gasteiger charge is 2.83. The van der Waals surface area contributed by atoms with Gasteiger partial charge in [-0.1, -0.05) is 0 Å². The maximum Gasteiger partial charge on any atom is 0.342 e. The number of fused-ring (bicyclic) bond motifs is 1. The summed E-state index contributed by atoms with van der Waals surface area (Å²) >= 11 is 5.28. The molecule has 0 heterocycles. The summed E-state index contributed by atoms with van der Waals surface area (Å²) in [6, 6.07) is -0.885. The lowest BCUT2D eigenvalue weighted by atomic mass is 9.89. The number of carboxylic acid groups (broad SMARTS) is 2. The molecule has 2 fully saturated rings. The fraction of sp³-hybridized carbons (Fsp3) is 0.727. The number of rotatable bonds is 5. The summed E-state index contributed by atoms with van der Waals surface area (Å²) < 4.78 is 14.3. The van der Waals surface area contributed by atoms with Gasteiger partial charge in [0.05, 0.1) is 6.04 Å². The van der Waals surface area contributed by atoms with Crippen molar-refractivity contribution >= 4 is 29.6 Å². The molecule has 2 aliphatic carbocycles. The van der Waals surface area contributed by atoms with Gasteiger partial charge in [-0.3, -0.25) is 4.79 Å². The summed E-state index contributed by atoms with van der Waals surface area (Å²) in [5.74, 6) is -5.97. The van der Waals surface area contributed by atoms with Crippen molar-refractivity contribution in [3.05, 3.63) is 0 Å². The summed E-state index contributed by atoms with van der Waals surface area (Å²) in [6.07, 6.45) is 0.0973. The van der Waals surface area contributed by atoms with Crippen molar-refractivity contribution in [2.75, 3.05) is 0 Å². The number of carbonyl (C=O) groups is 3. The van der Waals surface area contributed by atoms with Crippen LogP contribution in [-0.2, 0) is 14.4 Å². The maximum absolute atomic E-state index is 14.3. The first kappa shape index (κ1) is 15.0. The second kappa shape index (κ2) is 4.56. The molecule has 0 unspecified atom stereocenters. The Bertz CT molecular complexity index is 489. The molecule has 0 spiro atoms. The normalized spacial score (nSPS) is 39.8. The summed E-state index contributed by atoms with van der Waals surface area (Å²) in [4.78, 5) is 36.4. The largest absolute Gasteiger partial charge is 0.479 e. The number of alkyl halides is 1. The van der Waals surface area contributed by atoms with Gasteiger partial charge in [-0.25, -0.2) is 18.8 Å². The monoisotopic (exact) mass is 308 g/mol. The van der Waals surface area contributed by atoms with Crippen LogP contribution in [0.2, 0.25) is 0 Å². The van der Waals surface area contributed by atoms with Gasteiger partial charge < -0.3 is 15.5 Å². The fourth-order valence-corrected chi connectivity index (χ4v) is 3.24. The third kappa shape index (κ3) is 1.78. The number of hydrogen-bond donors (Lipinski definition) is 4. The van der Waals surface area contributed by atoms with E-state index in [1.807, 2.05) is 0 Å². The molecule has 112 valence electrons. The number of nitrogens with one attached hydrogen (secondary N) is 2. The Balaban J connectivity index is 2.27. The molecule has 0 aromatic rings. The Hall–Kier alpha value is -1.41. The minimum Gasteiger partial charge on any atom is -0.479 e. The van der Waals surface area contributed by atoms with Crippen LogP contribution in [0.5, 0.6) is 0 Å². The van der Waals surface area contributed by atoms with Gasteiger partial charge in [-0.15, -0.1) is 0 Å². The van der Waals surface area contributed by atoms with Crippen LogP contribution in [0.3, 0.4) is 0 Å². The van der Waals surface area contributed by atoms with Crippen LogP contribution in [0, 0.1) is 11.8 Å². The third-order valence-corrected chi connectivity index (χ3v) is 4.61. The van der Waals surface area contributed by atoms with E-state index in [1.165, 1.54) is 6.92 Å². The van der Waals surface area contributed by atoms with E-state index in [-0.39, 0.29) is 12.8 Å². The first-order valence-corrected chi connectivity index (χ1v) is 6.43. The molecule has 0 bridgehead atoms. The van der Waals surface area contributed by atoms with E-state index in [4.69, 9.17) is 16.9 Å². The molecule has 0 aromatic carbocycles. The molecule has 7 nitrogen and oxygen atoms in total. The van der Waals surface area contributed by atoms with Crippen LogP contribution in [-0.4, -0.2) is 45.3 Å². The van der Waals surface area contributed by atoms with Crippen molar-refractivity contribution in [1.82, 2.24) is 10.2 Å². The number of carbonyl (C=O) groups excluding carboxylic acids is 1. The first-order chi connectivity index (χ1) is 9.21. The highest BCUT2D eigenvalue weighted by Crippen LogP contribution is 2.67. The predicted molar refractivity (Wildman–Crippen MR) is 64.6 cm³/mol. The lowest BCUT2D eigenvalue weighted by Crippen LogP contribution is -2.60. The molecule has 9 heteroatoms. The maximum atomic E-state index is 14.3. The Labute approximate surface area is 118 Å². The van der Waals surface area contributed by atoms with Crippen LogP contribution in [0.15, 0.2) is 0 Å². The van der Waals surface area contributed by atoms with Crippen LogP contribution in [0.4, 0.5) is 4.39 Å². The zero-order valence-corrected chi connectivity index (χ0v) is 11.3. The molecule has 0 aliphatic heterocycles. The lowest BCUT2D eigenvalue weighted by Gasteiger charge is -2.30. The SMILES string of the molecule is C[C@@H](NCl)C(=O)N[C@]1(C(=O)O)CC[C@H]2[C@@H]1[C@]2(F)C(=O)O. The standard InChI is InChI=1S/C11H14ClFN2O5/c1-4(15-12)7(16)14-10(8(17)18)3-2-5-6(10)11(5,13)9(19)20/h4-6,15H,2-3H2,1H3,(H,14,16)(H,17,18)(H,19,20)/t4-,5+,6+,10-,11+/m1/s1. The van der Waals surface area contributed by atoms with E-state index in [2.05, 4.69) is 10.2 Å². The Morgan fingerprint density at radius 1 is 1.35 bits per heavy atom. The van der Waals surface area contributed by atoms with Crippen LogP contribution >= 0.6 is 11.8 Å². The Morgan fingerprint density at radius 3 is 2.35 bits per heavy atom. The highest BCUT2D eigenvalue weighted by molar-refractivity contribution is 6.15. The lowest BCUT2D eigenvalue weighted by molar-refractivity contribution is -0.153. The van der Waals surface area contributed by atoms with Crippen molar-refractivity contribution in [2.45, 2.75) is 37.0 Å². The minimum atomic E-state index is -2.58. The smallest absolute Gasteiger partial charge is 0.342 e. The Kier molecular flexibility index (Phi) is 3.42. The van der Waals surface area contributed by atoms with Crippen molar-refractivity contribution < 1.29 is 29.0 Å². The predicted octanol–water partition coefficient (Wildman–Crippen LogP) is -0.109. The number of amides is 1. The van der Waals surface area contributed by atoms with Crippen LogP contribution in [0.25, 0.3) is 0 Å². The van der Waals surface area contributed by atoms with E-state index >= 15 is 0 Å². The van der Waals surface area contributed by atoms with Crippen molar-refractivity contribution in [3.63, 3.8) is 0 Å². The quantitative estimate of drug-likeness (QED) is 0.527. The molecule has 0 radical (unpaired) electrons. The van der Waals surface area contributed by atoms with Crippen LogP contribution < -0.4 is 10.2 Å². The summed E-state index contributed by atoms with van der Waals surface area (Å²) in [5, 5.41) is 20.5. The fourth-order valence-electron chi connectivity index (χ4n) is 3.15. The van der Waals surface area contributed by atoms with E-state index in [9.17, 15) is 23.9 Å². The Morgan fingerprint density at radius 2 is 1.95 bits per heavy atom. The van der Waals surface area contributed by atoms with Gasteiger partial charge in [-0.05, 0) is 31.5 Å². The van der Waals surface area contributed by atoms with Crippen molar-refractivity contribution in [3.8, 4) is 0 Å². The molecule has 20 heavy (non-hydrogen) atoms. The molecule has 0 aromatic heterocycles. The van der Waals surface area contributed by atoms with Gasteiger partial charge >= 0.3 is 11.9 Å². The van der Waals surface area contributed by atoms with Gasteiger partial charge in [0, 0.05) is 11.8 Å². The molecule has 4 N–H and O–H groups in total. The molecule has 0 saturated heterocycles. The topological polar surface area (TPSA) is 116 Å². The average molecular weight is 309 g/mol. The molecule has 5 atom stereocenters. The number of carboxylic acids is 2. The second-order valence-electron chi connectivity index (χ2n) is 5.29. The van der Waals surface area contributed by atoms with Gasteiger partial charge in [0.2, 0.25) is 11.6 Å². The first-order valence-electron chi connectivity index (χ1n) is 6.05. The summed E-state index contributed by atoms with van der Waals surface area (Å²) in [6.45, 7) is 1.40. The zero-order chi connectivity index (χ0) is 15.3. The van der Waals surface area contributed by atoms with E-state index < -0.39 is 46.9 Å². The minimum absolute atomic E-state index is 0.00262. The molecule has 2 aliphatic rings. The molecular weight excluding hydrogens is 295 g/mol. The van der Waals surface area contributed by atoms with Gasteiger partial charge in [0.1, 0.15) is 5.54 Å². The third-order valence-electron chi connectivity index (χ3n) is 4.28. The van der Waals surface area contributed by atoms with Gasteiger partial charge in [0.25, 0.3) is 0 Å². The zero-order valence-electron chi connectivity index (χ0n) is 10.5. The summed E-state index contributed by atoms with van der Waals surface area (Å²) in [5.41, 5.74) is -4.47. The number of hydrogen-bond acceptors (Lipinski definition) is 4. The van der Waals surface area contributed by atoms with E-state index in [0.29, 0.717) is 0 Å². The summed E-state index contributed by atoms with van der Waals surface area (Å²) in [7, 11) is 0. The van der Waals surface area contributed by atoms with Crippen molar-refractivity contribution in [2.24, 2.45) is 11.8 Å². The van der Waals surface area contributed by atoms with E-state index in [1.54, 1.807) is 0 Å². The average Bonchev–Trinajstić information content (AvgIpc) is 2.81. The number of halogens is 2. The second-order valence-corrected chi connectivity index (χ2v) is 5.51. The van der Waals surface area contributed by atoms with E-state index in [0.717, 1.165) is 0 Å². The van der Waals surface area contributed by atoms with Gasteiger partial charge in [0.15, 0.2) is 0 Å². The molecule has 2 saturated carbocycles. The highest BCUT2D eigenvalue weighted by atomic mass is 35.5. The molecule has 2 rings (SSSR count). The van der Waals surface area contributed by atoms with Gasteiger partial charge in [-0.2, -0.15) is 0 Å². The molecular formula is C11H14ClFN2O5. The van der Waals surface area contributed by atoms with Crippen molar-refractivity contribution in [1.29, 1.82) is 0 Å².